The van der Waals surface area contributed by atoms with E-state index in [-0.39, 0.29) is 31.0 Å². The van der Waals surface area contributed by atoms with Gasteiger partial charge < -0.3 is 19.5 Å². The molecule has 11 heteroatoms. The van der Waals surface area contributed by atoms with Gasteiger partial charge in [0.2, 0.25) is 0 Å². The lowest BCUT2D eigenvalue weighted by molar-refractivity contribution is -0.171. The number of rotatable bonds is 12. The molecule has 1 saturated heterocycles. The largest absolute Gasteiger partial charge is 0.389 e. The molecule has 0 aromatic heterocycles. The number of β-amino-alcohol motifs (C(OH)–C–C–N with tert-alkyl or cyclic N) is 1. The van der Waals surface area contributed by atoms with Crippen LogP contribution in [0.15, 0.2) is 24.3 Å². The summed E-state index contributed by atoms with van der Waals surface area (Å²) in [6.45, 7) is 3.95. The molecule has 1 aliphatic rings. The molecule has 1 aliphatic heterocycles. The van der Waals surface area contributed by atoms with Crippen LogP contribution >= 0.6 is 0 Å². The molecule has 0 aliphatic carbocycles. The van der Waals surface area contributed by atoms with Crippen LogP contribution in [0.25, 0.3) is 0 Å². The molecule has 0 saturated carbocycles. The Labute approximate surface area is 190 Å². The Morgan fingerprint density at radius 3 is 2.58 bits per heavy atom. The third-order valence-electron chi connectivity index (χ3n) is 5.00. The van der Waals surface area contributed by atoms with Crippen molar-refractivity contribution in [1.82, 2.24) is 9.80 Å². The third-order valence-corrected chi connectivity index (χ3v) is 5.00. The van der Waals surface area contributed by atoms with E-state index in [4.69, 9.17) is 4.74 Å². The quantitative estimate of drug-likeness (QED) is 0.465. The normalized spacial score (nSPS) is 18.7. The van der Waals surface area contributed by atoms with Crippen molar-refractivity contribution in [2.24, 2.45) is 5.92 Å². The first-order valence-corrected chi connectivity index (χ1v) is 10.8. The second-order valence-corrected chi connectivity index (χ2v) is 8.59. The minimum absolute atomic E-state index is 0.0796. The summed E-state index contributed by atoms with van der Waals surface area (Å²) in [4.78, 5) is 16.4. The molecule has 0 spiro atoms. The maximum atomic E-state index is 13.2. The molecule has 33 heavy (non-hydrogen) atoms. The number of halogens is 5. The molecule has 0 radical (unpaired) electrons. The topological polar surface area (TPSA) is 62.2 Å². The number of aliphatic hydroxyl groups excluding tert-OH is 1. The summed E-state index contributed by atoms with van der Waals surface area (Å²) in [5.41, 5.74) is 0.359. The zero-order chi connectivity index (χ0) is 24.6. The second kappa shape index (κ2) is 12.6. The Balaban J connectivity index is 1.88. The van der Waals surface area contributed by atoms with E-state index in [2.05, 4.69) is 4.74 Å². The number of hydrogen-bond donors (Lipinski definition) is 1. The first kappa shape index (κ1) is 27.4. The Hall–Kier alpha value is -1.82. The molecule has 188 valence electrons. The highest BCUT2D eigenvalue weighted by Crippen LogP contribution is 2.23. The van der Waals surface area contributed by atoms with Gasteiger partial charge in [-0.25, -0.2) is 13.2 Å². The lowest BCUT2D eigenvalue weighted by Crippen LogP contribution is -2.51. The number of alkyl halides is 4. The SMILES string of the molecule is CC(C)CN(C[C@@H]1CN(C[C@H](O)COCC(F)(F)C(F)F)CCO1)C(=O)c1ccc(F)cc1. The third kappa shape index (κ3) is 9.15. The Morgan fingerprint density at radius 2 is 1.97 bits per heavy atom. The number of morpholine rings is 1. The highest BCUT2D eigenvalue weighted by atomic mass is 19.3. The predicted octanol–water partition coefficient (Wildman–Crippen LogP) is 2.90. The number of carbonyl (C=O) groups excluding carboxylic acids is 1. The standard InChI is InChI=1S/C22H31F5N2O4/c1-15(2)9-29(20(31)16-3-5-17(23)6-4-16)12-19-11-28(7-8-33-19)10-18(30)13-32-14-22(26,27)21(24)25/h3-6,15,18-19,21,30H,7-14H2,1-2H3/t18-,19-/m0/s1. The molecule has 1 heterocycles. The number of aliphatic hydroxyl groups is 1. The van der Waals surface area contributed by atoms with E-state index in [1.165, 1.54) is 24.3 Å². The average Bonchev–Trinajstić information content (AvgIpc) is 2.73. The summed E-state index contributed by atoms with van der Waals surface area (Å²) < 4.78 is 73.6. The van der Waals surface area contributed by atoms with E-state index in [0.717, 1.165) is 0 Å². The fourth-order valence-corrected chi connectivity index (χ4v) is 3.50. The number of nitrogens with zero attached hydrogens (tertiary/aromatic N) is 2. The minimum Gasteiger partial charge on any atom is -0.389 e. The summed E-state index contributed by atoms with van der Waals surface area (Å²) in [5.74, 6) is -4.77. The minimum atomic E-state index is -4.26. The monoisotopic (exact) mass is 482 g/mol. The maximum Gasteiger partial charge on any atom is 0.330 e. The van der Waals surface area contributed by atoms with Crippen LogP contribution in [0.3, 0.4) is 0 Å². The summed E-state index contributed by atoms with van der Waals surface area (Å²) in [6.07, 6.45) is -5.34. The van der Waals surface area contributed by atoms with Crippen molar-refractivity contribution in [3.63, 3.8) is 0 Å². The van der Waals surface area contributed by atoms with Crippen LogP contribution in [0.1, 0.15) is 24.2 Å². The Kier molecular flexibility index (Phi) is 10.5. The Bertz CT molecular complexity index is 736. The molecule has 6 nitrogen and oxygen atoms in total. The number of ether oxygens (including phenoxy) is 2. The van der Waals surface area contributed by atoms with Crippen molar-refractivity contribution in [3.8, 4) is 0 Å². The van der Waals surface area contributed by atoms with Gasteiger partial charge in [-0.2, -0.15) is 8.78 Å². The highest BCUT2D eigenvalue weighted by molar-refractivity contribution is 5.94. The zero-order valence-corrected chi connectivity index (χ0v) is 18.7. The maximum absolute atomic E-state index is 13.2. The van der Waals surface area contributed by atoms with E-state index in [9.17, 15) is 31.9 Å². The molecule has 0 bridgehead atoms. The molecule has 0 unspecified atom stereocenters. The zero-order valence-electron chi connectivity index (χ0n) is 18.7. The van der Waals surface area contributed by atoms with Crippen molar-refractivity contribution < 1.29 is 41.3 Å². The first-order valence-electron chi connectivity index (χ1n) is 10.8. The number of carbonyl (C=O) groups is 1. The summed E-state index contributed by atoms with van der Waals surface area (Å²) in [7, 11) is 0. The Morgan fingerprint density at radius 1 is 1.30 bits per heavy atom. The molecule has 1 N–H and O–H groups in total. The number of benzene rings is 1. The van der Waals surface area contributed by atoms with E-state index in [1.807, 2.05) is 18.7 Å². The van der Waals surface area contributed by atoms with Crippen LogP contribution in [-0.4, -0.2) is 97.9 Å². The van der Waals surface area contributed by atoms with Crippen LogP contribution in [0.2, 0.25) is 0 Å². The molecular formula is C22H31F5N2O4. The van der Waals surface area contributed by atoms with Gasteiger partial charge in [-0.3, -0.25) is 9.69 Å². The molecule has 2 atom stereocenters. The summed E-state index contributed by atoms with van der Waals surface area (Å²) >= 11 is 0. The average molecular weight is 482 g/mol. The van der Waals surface area contributed by atoms with Crippen LogP contribution in [0, 0.1) is 11.7 Å². The van der Waals surface area contributed by atoms with E-state index in [0.29, 0.717) is 31.8 Å². The summed E-state index contributed by atoms with van der Waals surface area (Å²) in [5, 5.41) is 10.0. The van der Waals surface area contributed by atoms with Crippen LogP contribution in [0.5, 0.6) is 0 Å². The van der Waals surface area contributed by atoms with Crippen LogP contribution < -0.4 is 0 Å². The molecule has 1 aromatic carbocycles. The van der Waals surface area contributed by atoms with E-state index >= 15 is 0 Å². The van der Waals surface area contributed by atoms with Gasteiger partial charge in [0.15, 0.2) is 0 Å². The smallest absolute Gasteiger partial charge is 0.330 e. The van der Waals surface area contributed by atoms with Crippen LogP contribution in [0.4, 0.5) is 22.0 Å². The molecule has 1 fully saturated rings. The molecule has 1 amide bonds. The van der Waals surface area contributed by atoms with Gasteiger partial charge >= 0.3 is 12.3 Å². The van der Waals surface area contributed by atoms with Crippen molar-refractivity contribution >= 4 is 5.91 Å². The van der Waals surface area contributed by atoms with Crippen molar-refractivity contribution in [2.75, 3.05) is 52.5 Å². The second-order valence-electron chi connectivity index (χ2n) is 8.59. The van der Waals surface area contributed by atoms with Crippen LogP contribution in [-0.2, 0) is 9.47 Å². The highest BCUT2D eigenvalue weighted by Gasteiger charge is 2.41. The van der Waals surface area contributed by atoms with E-state index < -0.39 is 37.5 Å². The van der Waals surface area contributed by atoms with Gasteiger partial charge in [-0.15, -0.1) is 0 Å². The predicted molar refractivity (Wildman–Crippen MR) is 111 cm³/mol. The molecular weight excluding hydrogens is 451 g/mol. The number of amides is 1. The van der Waals surface area contributed by atoms with Gasteiger partial charge in [0.25, 0.3) is 5.91 Å². The number of hydrogen-bond acceptors (Lipinski definition) is 5. The van der Waals surface area contributed by atoms with Crippen molar-refractivity contribution in [3.05, 3.63) is 35.6 Å². The fourth-order valence-electron chi connectivity index (χ4n) is 3.50. The van der Waals surface area contributed by atoms with E-state index in [1.54, 1.807) is 4.90 Å². The fraction of sp³-hybridized carbons (Fsp3) is 0.682. The lowest BCUT2D eigenvalue weighted by atomic mass is 10.1. The van der Waals surface area contributed by atoms with Gasteiger partial charge in [0.05, 0.1) is 25.4 Å². The molecule has 2 rings (SSSR count). The first-order chi connectivity index (χ1) is 15.5. The summed E-state index contributed by atoms with van der Waals surface area (Å²) in [6, 6.07) is 5.29. The van der Waals surface area contributed by atoms with Crippen molar-refractivity contribution in [1.29, 1.82) is 0 Å². The van der Waals surface area contributed by atoms with Crippen molar-refractivity contribution in [2.45, 2.75) is 38.4 Å². The lowest BCUT2D eigenvalue weighted by Gasteiger charge is -2.37. The van der Waals surface area contributed by atoms with Gasteiger partial charge in [-0.1, -0.05) is 13.8 Å². The molecule has 1 aromatic rings. The van der Waals surface area contributed by atoms with Gasteiger partial charge in [-0.05, 0) is 30.2 Å². The van der Waals surface area contributed by atoms with Gasteiger partial charge in [0, 0.05) is 38.3 Å². The van der Waals surface area contributed by atoms with Gasteiger partial charge in [0.1, 0.15) is 12.4 Å².